The van der Waals surface area contributed by atoms with Crippen LogP contribution in [0.3, 0.4) is 0 Å². The quantitative estimate of drug-likeness (QED) is 0.264. The summed E-state index contributed by atoms with van der Waals surface area (Å²) in [5.41, 5.74) is 0.715. The predicted molar refractivity (Wildman–Crippen MR) is 122 cm³/mol. The van der Waals surface area contributed by atoms with Gasteiger partial charge in [0.1, 0.15) is 24.4 Å². The number of hydrogen-bond acceptors (Lipinski definition) is 7. The Kier molecular flexibility index (Phi) is 12.5. The monoisotopic (exact) mass is 461 g/mol. The molecule has 2 rings (SSSR count). The molecule has 1 N–H and O–H groups in total. The molecule has 1 aliphatic rings. The highest BCUT2D eigenvalue weighted by atomic mass is 16.5. The van der Waals surface area contributed by atoms with Crippen LogP contribution in [0.25, 0.3) is 0 Å². The Labute approximate surface area is 195 Å². The maximum Gasteiger partial charge on any atom is 0.251 e. The van der Waals surface area contributed by atoms with E-state index in [4.69, 9.17) is 14.2 Å². The number of ether oxygens (including phenoxy) is 3. The SMILES string of the molecule is O=CCCOCC(COCCC=O)(COCCC=O)NC(=O)c1ccc(C2CCCC2)cc1. The number of benzene rings is 1. The van der Waals surface area contributed by atoms with Crippen LogP contribution in [0.2, 0.25) is 0 Å². The third kappa shape index (κ3) is 9.53. The molecule has 0 radical (unpaired) electrons. The van der Waals surface area contributed by atoms with Gasteiger partial charge >= 0.3 is 0 Å². The maximum atomic E-state index is 13.1. The molecule has 0 aromatic heterocycles. The van der Waals surface area contributed by atoms with Gasteiger partial charge < -0.3 is 33.9 Å². The van der Waals surface area contributed by atoms with Gasteiger partial charge in [0.2, 0.25) is 0 Å². The first kappa shape index (κ1) is 26.8. The second kappa shape index (κ2) is 15.4. The molecular weight excluding hydrogens is 426 g/mol. The fraction of sp³-hybridized carbons (Fsp3) is 0.600. The van der Waals surface area contributed by atoms with E-state index in [0.717, 1.165) is 18.9 Å². The van der Waals surface area contributed by atoms with Gasteiger partial charge in [0.15, 0.2) is 0 Å². The summed E-state index contributed by atoms with van der Waals surface area (Å²) in [5.74, 6) is 0.259. The van der Waals surface area contributed by atoms with E-state index in [0.29, 0.717) is 11.5 Å². The van der Waals surface area contributed by atoms with Gasteiger partial charge in [-0.25, -0.2) is 0 Å². The fourth-order valence-electron chi connectivity index (χ4n) is 3.91. The van der Waals surface area contributed by atoms with Crippen molar-refractivity contribution in [3.05, 3.63) is 35.4 Å². The first-order chi connectivity index (χ1) is 16.1. The van der Waals surface area contributed by atoms with Gasteiger partial charge in [-0.1, -0.05) is 25.0 Å². The van der Waals surface area contributed by atoms with Crippen LogP contribution in [-0.4, -0.2) is 69.9 Å². The minimum absolute atomic E-state index is 0.0505. The van der Waals surface area contributed by atoms with Crippen molar-refractivity contribution in [2.75, 3.05) is 39.6 Å². The van der Waals surface area contributed by atoms with E-state index in [-0.39, 0.29) is 64.8 Å². The van der Waals surface area contributed by atoms with Crippen molar-refractivity contribution in [1.82, 2.24) is 5.32 Å². The lowest BCUT2D eigenvalue weighted by atomic mass is 9.96. The maximum absolute atomic E-state index is 13.1. The number of aldehydes is 3. The van der Waals surface area contributed by atoms with Crippen LogP contribution in [0.5, 0.6) is 0 Å². The van der Waals surface area contributed by atoms with Gasteiger partial charge in [0.25, 0.3) is 5.91 Å². The van der Waals surface area contributed by atoms with Crippen LogP contribution in [0, 0.1) is 0 Å². The summed E-state index contributed by atoms with van der Waals surface area (Å²) in [5, 5.41) is 2.99. The molecule has 1 saturated carbocycles. The van der Waals surface area contributed by atoms with E-state index < -0.39 is 5.54 Å². The zero-order valence-electron chi connectivity index (χ0n) is 19.2. The molecule has 1 aliphatic carbocycles. The summed E-state index contributed by atoms with van der Waals surface area (Å²) in [6.07, 6.45) is 7.81. The first-order valence-corrected chi connectivity index (χ1v) is 11.6. The van der Waals surface area contributed by atoms with E-state index in [2.05, 4.69) is 5.32 Å². The highest BCUT2D eigenvalue weighted by Gasteiger charge is 2.34. The summed E-state index contributed by atoms with van der Waals surface area (Å²) in [7, 11) is 0. The summed E-state index contributed by atoms with van der Waals surface area (Å²) < 4.78 is 16.9. The van der Waals surface area contributed by atoms with Crippen molar-refractivity contribution in [3.8, 4) is 0 Å². The van der Waals surface area contributed by atoms with Gasteiger partial charge in [0.05, 0.1) is 39.6 Å². The zero-order chi connectivity index (χ0) is 23.8. The molecule has 0 bridgehead atoms. The van der Waals surface area contributed by atoms with E-state index in [1.807, 2.05) is 24.3 Å². The first-order valence-electron chi connectivity index (χ1n) is 11.6. The third-order valence-corrected chi connectivity index (χ3v) is 5.65. The standard InChI is InChI=1S/C25H35NO7/c27-12-3-15-31-18-25(19-32-16-4-13-28,20-33-17-5-14-29)26-24(30)23-10-8-22(9-11-23)21-6-1-2-7-21/h8-14,21H,1-7,15-20H2,(H,26,30). The molecule has 8 heteroatoms. The minimum Gasteiger partial charge on any atom is -0.378 e. The lowest BCUT2D eigenvalue weighted by Gasteiger charge is -2.34. The van der Waals surface area contributed by atoms with Gasteiger partial charge in [-0.05, 0) is 36.5 Å². The van der Waals surface area contributed by atoms with Crippen LogP contribution in [-0.2, 0) is 28.6 Å². The van der Waals surface area contributed by atoms with Crippen LogP contribution in [0.4, 0.5) is 0 Å². The van der Waals surface area contributed by atoms with Crippen molar-refractivity contribution in [2.24, 2.45) is 0 Å². The molecule has 0 heterocycles. The number of rotatable bonds is 18. The van der Waals surface area contributed by atoms with E-state index in [1.54, 1.807) is 0 Å². The Hall–Kier alpha value is -2.42. The molecule has 1 fully saturated rings. The molecule has 182 valence electrons. The zero-order valence-corrected chi connectivity index (χ0v) is 19.2. The lowest BCUT2D eigenvalue weighted by Crippen LogP contribution is -2.58. The number of carbonyl (C=O) groups excluding carboxylic acids is 4. The number of amides is 1. The molecule has 0 spiro atoms. The summed E-state index contributed by atoms with van der Waals surface area (Å²) >= 11 is 0. The van der Waals surface area contributed by atoms with Crippen molar-refractivity contribution < 1.29 is 33.4 Å². The van der Waals surface area contributed by atoms with Gasteiger partial charge in [-0.3, -0.25) is 4.79 Å². The largest absolute Gasteiger partial charge is 0.378 e. The normalized spacial score (nSPS) is 14.2. The highest BCUT2D eigenvalue weighted by Crippen LogP contribution is 2.34. The molecule has 1 aromatic rings. The van der Waals surface area contributed by atoms with Gasteiger partial charge in [0, 0.05) is 24.8 Å². The average molecular weight is 462 g/mol. The Balaban J connectivity index is 2.12. The fourth-order valence-corrected chi connectivity index (χ4v) is 3.91. The Morgan fingerprint density at radius 2 is 1.27 bits per heavy atom. The molecule has 0 saturated heterocycles. The molecular formula is C25H35NO7. The van der Waals surface area contributed by atoms with Crippen LogP contribution in [0.15, 0.2) is 24.3 Å². The van der Waals surface area contributed by atoms with E-state index in [9.17, 15) is 19.2 Å². The van der Waals surface area contributed by atoms with Crippen molar-refractivity contribution >= 4 is 24.8 Å². The Morgan fingerprint density at radius 3 is 1.70 bits per heavy atom. The Bertz CT molecular complexity index is 688. The van der Waals surface area contributed by atoms with Crippen LogP contribution < -0.4 is 5.32 Å². The second-order valence-corrected chi connectivity index (χ2v) is 8.36. The van der Waals surface area contributed by atoms with Crippen molar-refractivity contribution in [2.45, 2.75) is 56.4 Å². The summed E-state index contributed by atoms with van der Waals surface area (Å²) in [6, 6.07) is 7.66. The topological polar surface area (TPSA) is 108 Å². The lowest BCUT2D eigenvalue weighted by molar-refractivity contribution is -0.109. The van der Waals surface area contributed by atoms with E-state index >= 15 is 0 Å². The minimum atomic E-state index is -1.05. The average Bonchev–Trinajstić information content (AvgIpc) is 3.38. The molecule has 1 amide bonds. The van der Waals surface area contributed by atoms with Crippen molar-refractivity contribution in [3.63, 3.8) is 0 Å². The second-order valence-electron chi connectivity index (χ2n) is 8.36. The smallest absolute Gasteiger partial charge is 0.251 e. The molecule has 0 atom stereocenters. The molecule has 0 unspecified atom stereocenters. The molecule has 33 heavy (non-hydrogen) atoms. The number of nitrogens with one attached hydrogen (secondary N) is 1. The highest BCUT2D eigenvalue weighted by molar-refractivity contribution is 5.94. The van der Waals surface area contributed by atoms with E-state index in [1.165, 1.54) is 31.2 Å². The Morgan fingerprint density at radius 1 is 0.818 bits per heavy atom. The third-order valence-electron chi connectivity index (χ3n) is 5.65. The predicted octanol–water partition coefficient (Wildman–Crippen LogP) is 2.63. The summed E-state index contributed by atoms with van der Waals surface area (Å²) in [6.45, 7) is 0.735. The molecule has 1 aromatic carbocycles. The van der Waals surface area contributed by atoms with Crippen LogP contribution in [0.1, 0.15) is 66.8 Å². The van der Waals surface area contributed by atoms with Gasteiger partial charge in [-0.2, -0.15) is 0 Å². The summed E-state index contributed by atoms with van der Waals surface area (Å²) in [4.78, 5) is 45.0. The molecule has 0 aliphatic heterocycles. The number of carbonyl (C=O) groups is 4. The van der Waals surface area contributed by atoms with Crippen molar-refractivity contribution in [1.29, 1.82) is 0 Å². The molecule has 8 nitrogen and oxygen atoms in total. The number of hydrogen-bond donors (Lipinski definition) is 1. The van der Waals surface area contributed by atoms with Gasteiger partial charge in [-0.15, -0.1) is 0 Å². The van der Waals surface area contributed by atoms with Crippen LogP contribution >= 0.6 is 0 Å².